The average Bonchev–Trinajstić information content (AvgIpc) is 3.01. The fourth-order valence-electron chi connectivity index (χ4n) is 3.09. The Hall–Kier alpha value is -3.38. The number of halogens is 1. The van der Waals surface area contributed by atoms with Gasteiger partial charge in [0.1, 0.15) is 0 Å². The summed E-state index contributed by atoms with van der Waals surface area (Å²) in [6.45, 7) is 6.26. The van der Waals surface area contributed by atoms with Crippen LogP contribution in [0.3, 0.4) is 0 Å². The van der Waals surface area contributed by atoms with Crippen molar-refractivity contribution >= 4 is 29.6 Å². The van der Waals surface area contributed by atoms with E-state index in [4.69, 9.17) is 11.6 Å². The summed E-state index contributed by atoms with van der Waals surface area (Å²) < 4.78 is 2.11. The van der Waals surface area contributed by atoms with Crippen LogP contribution in [0.2, 0.25) is 5.02 Å². The van der Waals surface area contributed by atoms with Crippen molar-refractivity contribution in [3.05, 3.63) is 87.7 Å². The fraction of sp³-hybridized carbons (Fsp3) is 0.174. The Morgan fingerprint density at radius 1 is 1.00 bits per heavy atom. The number of hydrogen-bond acceptors (Lipinski definition) is 3. The number of carbonyl (C=O) groups is 2. The van der Waals surface area contributed by atoms with Crippen LogP contribution in [0.1, 0.15) is 28.1 Å². The Kier molecular flexibility index (Phi) is 6.69. The molecule has 3 rings (SSSR count). The number of aryl methyl sites for hydroxylation is 2. The normalized spacial score (nSPS) is 10.9. The van der Waals surface area contributed by atoms with Gasteiger partial charge < -0.3 is 9.88 Å². The smallest absolute Gasteiger partial charge is 0.329 e. The molecule has 3 aromatic rings. The van der Waals surface area contributed by atoms with E-state index < -0.39 is 11.8 Å². The van der Waals surface area contributed by atoms with Crippen molar-refractivity contribution in [2.24, 2.45) is 5.10 Å². The Morgan fingerprint density at radius 2 is 1.67 bits per heavy atom. The second kappa shape index (κ2) is 9.41. The summed E-state index contributed by atoms with van der Waals surface area (Å²) in [5, 5.41) is 7.09. The largest absolute Gasteiger partial charge is 0.344 e. The number of hydrazone groups is 1. The van der Waals surface area contributed by atoms with Gasteiger partial charge >= 0.3 is 11.8 Å². The lowest BCUT2D eigenvalue weighted by Crippen LogP contribution is -2.37. The summed E-state index contributed by atoms with van der Waals surface area (Å²) in [7, 11) is 0. The number of benzene rings is 2. The molecular formula is C23H23ClN4O2. The fourth-order valence-corrected chi connectivity index (χ4v) is 3.21. The topological polar surface area (TPSA) is 75.5 Å². The van der Waals surface area contributed by atoms with E-state index in [2.05, 4.69) is 44.7 Å². The first-order valence-corrected chi connectivity index (χ1v) is 9.84. The molecule has 0 aliphatic heterocycles. The molecule has 0 radical (unpaired) electrons. The van der Waals surface area contributed by atoms with E-state index in [1.54, 1.807) is 24.3 Å². The standard InChI is InChI=1S/C23H23ClN4O2/c1-15-4-10-21(11-5-15)28-16(2)12-19(17(28)3)14-26-27-23(30)22(29)25-13-18-6-8-20(24)9-7-18/h4-12,14H,13H2,1-3H3,(H,25,29)(H,27,30)/b26-14-. The highest BCUT2D eigenvalue weighted by atomic mass is 35.5. The molecule has 0 unspecified atom stereocenters. The van der Waals surface area contributed by atoms with Crippen LogP contribution >= 0.6 is 11.6 Å². The van der Waals surface area contributed by atoms with Gasteiger partial charge in [0.05, 0.1) is 6.21 Å². The molecule has 7 heteroatoms. The minimum Gasteiger partial charge on any atom is -0.344 e. The lowest BCUT2D eigenvalue weighted by molar-refractivity contribution is -0.139. The van der Waals surface area contributed by atoms with Gasteiger partial charge in [-0.25, -0.2) is 5.43 Å². The number of rotatable bonds is 5. The molecule has 1 aromatic heterocycles. The zero-order valence-corrected chi connectivity index (χ0v) is 17.8. The summed E-state index contributed by atoms with van der Waals surface area (Å²) in [5.74, 6) is -1.58. The molecule has 2 aromatic carbocycles. The zero-order chi connectivity index (χ0) is 21.7. The molecule has 2 N–H and O–H groups in total. The summed E-state index contributed by atoms with van der Waals surface area (Å²) >= 11 is 5.83. The number of aromatic nitrogens is 1. The molecule has 0 bridgehead atoms. The molecule has 1 heterocycles. The minimum atomic E-state index is -0.826. The summed E-state index contributed by atoms with van der Waals surface area (Å²) in [6, 6.07) is 17.2. The Bertz CT molecular complexity index is 1080. The molecule has 154 valence electrons. The van der Waals surface area contributed by atoms with Crippen LogP contribution in [0.5, 0.6) is 0 Å². The van der Waals surface area contributed by atoms with Crippen LogP contribution in [0, 0.1) is 20.8 Å². The van der Waals surface area contributed by atoms with E-state index in [1.165, 1.54) is 11.8 Å². The van der Waals surface area contributed by atoms with Crippen LogP contribution < -0.4 is 10.7 Å². The molecule has 0 atom stereocenters. The maximum Gasteiger partial charge on any atom is 0.329 e. The molecule has 0 saturated heterocycles. The number of hydrogen-bond donors (Lipinski definition) is 2. The van der Waals surface area contributed by atoms with Crippen molar-refractivity contribution in [1.29, 1.82) is 0 Å². The van der Waals surface area contributed by atoms with E-state index in [0.717, 1.165) is 28.2 Å². The highest BCUT2D eigenvalue weighted by Crippen LogP contribution is 2.20. The molecule has 2 amide bonds. The number of nitrogens with one attached hydrogen (secondary N) is 2. The highest BCUT2D eigenvalue weighted by Gasteiger charge is 2.13. The van der Waals surface area contributed by atoms with Crippen LogP contribution in [0.25, 0.3) is 5.69 Å². The highest BCUT2D eigenvalue weighted by molar-refractivity contribution is 6.35. The quantitative estimate of drug-likeness (QED) is 0.372. The molecule has 0 aliphatic rings. The monoisotopic (exact) mass is 422 g/mol. The molecule has 0 spiro atoms. The van der Waals surface area contributed by atoms with Gasteiger partial charge in [-0.3, -0.25) is 9.59 Å². The van der Waals surface area contributed by atoms with Gasteiger partial charge in [0.15, 0.2) is 0 Å². The van der Waals surface area contributed by atoms with Crippen LogP contribution in [0.4, 0.5) is 0 Å². The van der Waals surface area contributed by atoms with E-state index in [9.17, 15) is 9.59 Å². The van der Waals surface area contributed by atoms with Gasteiger partial charge in [-0.1, -0.05) is 41.4 Å². The molecule has 0 fully saturated rings. The Labute approximate surface area is 180 Å². The summed E-state index contributed by atoms with van der Waals surface area (Å²) in [5.41, 5.74) is 8.25. The first-order chi connectivity index (χ1) is 14.3. The van der Waals surface area contributed by atoms with Crippen molar-refractivity contribution in [3.8, 4) is 5.69 Å². The predicted molar refractivity (Wildman–Crippen MR) is 119 cm³/mol. The van der Waals surface area contributed by atoms with Gasteiger partial charge in [-0.15, -0.1) is 0 Å². The molecule has 0 saturated carbocycles. The number of amides is 2. The summed E-state index contributed by atoms with van der Waals surface area (Å²) in [4.78, 5) is 23.9. The second-order valence-electron chi connectivity index (χ2n) is 7.01. The maximum absolute atomic E-state index is 12.0. The van der Waals surface area contributed by atoms with Crippen LogP contribution in [-0.4, -0.2) is 22.6 Å². The van der Waals surface area contributed by atoms with E-state index >= 15 is 0 Å². The summed E-state index contributed by atoms with van der Waals surface area (Å²) in [6.07, 6.45) is 1.54. The van der Waals surface area contributed by atoms with Gasteiger partial charge in [0, 0.05) is 34.2 Å². The molecule has 0 aliphatic carbocycles. The van der Waals surface area contributed by atoms with Crippen molar-refractivity contribution in [3.63, 3.8) is 0 Å². The van der Waals surface area contributed by atoms with Crippen LogP contribution in [0.15, 0.2) is 59.7 Å². The lowest BCUT2D eigenvalue weighted by atomic mass is 10.2. The van der Waals surface area contributed by atoms with E-state index in [1.807, 2.05) is 26.8 Å². The number of carbonyl (C=O) groups excluding carboxylic acids is 2. The maximum atomic E-state index is 12.0. The molecule has 6 nitrogen and oxygen atoms in total. The Morgan fingerprint density at radius 3 is 2.33 bits per heavy atom. The van der Waals surface area contributed by atoms with Gasteiger partial charge in [0.2, 0.25) is 0 Å². The third-order valence-electron chi connectivity index (χ3n) is 4.70. The van der Waals surface area contributed by atoms with Crippen LogP contribution in [-0.2, 0) is 16.1 Å². The van der Waals surface area contributed by atoms with E-state index in [0.29, 0.717) is 5.02 Å². The van der Waals surface area contributed by atoms with Crippen molar-refractivity contribution in [2.45, 2.75) is 27.3 Å². The average molecular weight is 423 g/mol. The molecular weight excluding hydrogens is 400 g/mol. The molecule has 30 heavy (non-hydrogen) atoms. The van der Waals surface area contributed by atoms with Crippen molar-refractivity contribution in [2.75, 3.05) is 0 Å². The lowest BCUT2D eigenvalue weighted by Gasteiger charge is -2.09. The first-order valence-electron chi connectivity index (χ1n) is 9.47. The number of nitrogens with zero attached hydrogens (tertiary/aromatic N) is 2. The predicted octanol–water partition coefficient (Wildman–Crippen LogP) is 3.82. The van der Waals surface area contributed by atoms with Gasteiger partial charge in [-0.2, -0.15) is 5.10 Å². The van der Waals surface area contributed by atoms with Gasteiger partial charge in [0.25, 0.3) is 0 Å². The van der Waals surface area contributed by atoms with E-state index in [-0.39, 0.29) is 6.54 Å². The zero-order valence-electron chi connectivity index (χ0n) is 17.1. The third-order valence-corrected chi connectivity index (χ3v) is 4.96. The first kappa shape index (κ1) is 21.3. The second-order valence-corrected chi connectivity index (χ2v) is 7.44. The van der Waals surface area contributed by atoms with Crippen molar-refractivity contribution in [1.82, 2.24) is 15.3 Å². The SMILES string of the molecule is Cc1ccc(-n2c(C)cc(/C=N\NC(=O)C(=O)NCc3ccc(Cl)cc3)c2C)cc1. The van der Waals surface area contributed by atoms with Gasteiger partial charge in [-0.05, 0) is 56.7 Å². The third kappa shape index (κ3) is 5.15. The Balaban J connectivity index is 1.60. The van der Waals surface area contributed by atoms with Crippen molar-refractivity contribution < 1.29 is 9.59 Å². The minimum absolute atomic E-state index is 0.227.